The summed E-state index contributed by atoms with van der Waals surface area (Å²) in [5.41, 5.74) is 3.17. The molecule has 132 valence electrons. The number of para-hydroxylation sites is 1. The molecule has 4 amide bonds. The smallest absolute Gasteiger partial charge is 0.319 e. The largest absolute Gasteiger partial charge is 0.336 e. The summed E-state index contributed by atoms with van der Waals surface area (Å²) in [4.78, 5) is 25.4. The van der Waals surface area contributed by atoms with Crippen LogP contribution in [0.15, 0.2) is 18.2 Å². The van der Waals surface area contributed by atoms with Crippen LogP contribution in [-0.2, 0) is 0 Å². The number of rotatable bonds is 6. The van der Waals surface area contributed by atoms with E-state index in [-0.39, 0.29) is 12.1 Å². The molecule has 1 fully saturated rings. The molecule has 0 aliphatic carbocycles. The molecule has 2 rings (SSSR count). The van der Waals surface area contributed by atoms with Gasteiger partial charge in [-0.15, -0.1) is 0 Å². The minimum atomic E-state index is -0.232. The number of carbonyl (C=O) groups is 2. The number of carbonyl (C=O) groups excluding carboxylic acids is 2. The number of nitrogens with one attached hydrogen (secondary N) is 3. The average Bonchev–Trinajstić information content (AvgIpc) is 2.92. The predicted molar refractivity (Wildman–Crippen MR) is 96.6 cm³/mol. The van der Waals surface area contributed by atoms with Gasteiger partial charge in [0.05, 0.1) is 0 Å². The van der Waals surface area contributed by atoms with E-state index in [2.05, 4.69) is 55.8 Å². The van der Waals surface area contributed by atoms with Gasteiger partial charge in [-0.25, -0.2) is 9.59 Å². The van der Waals surface area contributed by atoms with Gasteiger partial charge in [-0.2, -0.15) is 0 Å². The molecular formula is C18H28N4O2. The van der Waals surface area contributed by atoms with Gasteiger partial charge in [0, 0.05) is 31.9 Å². The standard InChI is InChI=1S/C18H28N4O2/c1-12(2)14-6-5-7-15(13(3)4)16(14)21-17(23)19-8-10-22-11-9-20-18(22)24/h5-7,12-13H,8-11H2,1-4H3,(H,20,24)(H2,19,21,23). The van der Waals surface area contributed by atoms with Gasteiger partial charge in [-0.05, 0) is 23.0 Å². The minimum Gasteiger partial charge on any atom is -0.336 e. The lowest BCUT2D eigenvalue weighted by atomic mass is 9.93. The average molecular weight is 332 g/mol. The van der Waals surface area contributed by atoms with Crippen molar-refractivity contribution in [3.63, 3.8) is 0 Å². The van der Waals surface area contributed by atoms with E-state index in [1.807, 2.05) is 6.07 Å². The fourth-order valence-corrected chi connectivity index (χ4v) is 2.88. The van der Waals surface area contributed by atoms with Crippen LogP contribution in [0, 0.1) is 0 Å². The maximum atomic E-state index is 12.3. The SMILES string of the molecule is CC(C)c1cccc(C(C)C)c1NC(=O)NCCN1CCNC1=O. The molecule has 6 nitrogen and oxygen atoms in total. The molecule has 0 radical (unpaired) electrons. The lowest BCUT2D eigenvalue weighted by molar-refractivity contribution is 0.216. The summed E-state index contributed by atoms with van der Waals surface area (Å²) in [6, 6.07) is 5.86. The second-order valence-corrected chi connectivity index (χ2v) is 6.72. The Kier molecular flexibility index (Phi) is 6.06. The summed E-state index contributed by atoms with van der Waals surface area (Å²) in [5, 5.41) is 8.59. The molecule has 24 heavy (non-hydrogen) atoms. The molecule has 1 aliphatic rings. The maximum Gasteiger partial charge on any atom is 0.319 e. The van der Waals surface area contributed by atoms with Crippen molar-refractivity contribution in [2.24, 2.45) is 0 Å². The molecule has 0 unspecified atom stereocenters. The number of anilines is 1. The van der Waals surface area contributed by atoms with E-state index in [1.54, 1.807) is 4.90 Å². The van der Waals surface area contributed by atoms with E-state index >= 15 is 0 Å². The van der Waals surface area contributed by atoms with Gasteiger partial charge in [0.1, 0.15) is 0 Å². The van der Waals surface area contributed by atoms with Crippen LogP contribution in [0.5, 0.6) is 0 Å². The van der Waals surface area contributed by atoms with Gasteiger partial charge in [0.2, 0.25) is 0 Å². The summed E-state index contributed by atoms with van der Waals surface area (Å²) in [7, 11) is 0. The number of hydrogen-bond acceptors (Lipinski definition) is 2. The van der Waals surface area contributed by atoms with Gasteiger partial charge >= 0.3 is 12.1 Å². The first-order valence-electron chi connectivity index (χ1n) is 8.60. The summed E-state index contributed by atoms with van der Waals surface area (Å²) < 4.78 is 0. The second-order valence-electron chi connectivity index (χ2n) is 6.72. The lowest BCUT2D eigenvalue weighted by Gasteiger charge is -2.21. The van der Waals surface area contributed by atoms with Crippen LogP contribution in [0.1, 0.15) is 50.7 Å². The molecule has 1 aromatic carbocycles. The number of urea groups is 2. The molecule has 0 saturated carbocycles. The molecule has 1 aliphatic heterocycles. The third-order valence-corrected chi connectivity index (χ3v) is 4.22. The highest BCUT2D eigenvalue weighted by atomic mass is 16.2. The first-order chi connectivity index (χ1) is 11.4. The molecule has 1 aromatic rings. The van der Waals surface area contributed by atoms with Crippen LogP contribution in [0.4, 0.5) is 15.3 Å². The molecule has 1 saturated heterocycles. The molecule has 3 N–H and O–H groups in total. The van der Waals surface area contributed by atoms with Crippen molar-refractivity contribution in [2.45, 2.75) is 39.5 Å². The highest BCUT2D eigenvalue weighted by Gasteiger charge is 2.19. The van der Waals surface area contributed by atoms with E-state index in [0.717, 1.165) is 16.8 Å². The number of amides is 4. The normalized spacial score (nSPS) is 14.2. The quantitative estimate of drug-likeness (QED) is 0.749. The molecule has 0 bridgehead atoms. The van der Waals surface area contributed by atoms with Gasteiger partial charge in [0.15, 0.2) is 0 Å². The molecule has 0 spiro atoms. The van der Waals surface area contributed by atoms with E-state index in [4.69, 9.17) is 0 Å². The fraction of sp³-hybridized carbons (Fsp3) is 0.556. The Morgan fingerprint density at radius 3 is 2.33 bits per heavy atom. The Bertz CT molecular complexity index is 572. The van der Waals surface area contributed by atoms with Crippen LogP contribution in [-0.4, -0.2) is 43.1 Å². The zero-order valence-electron chi connectivity index (χ0n) is 15.0. The Balaban J connectivity index is 1.98. The fourth-order valence-electron chi connectivity index (χ4n) is 2.88. The third-order valence-electron chi connectivity index (χ3n) is 4.22. The van der Waals surface area contributed by atoms with Gasteiger partial charge in [-0.1, -0.05) is 45.9 Å². The maximum absolute atomic E-state index is 12.3. The van der Waals surface area contributed by atoms with Crippen LogP contribution >= 0.6 is 0 Å². The van der Waals surface area contributed by atoms with Gasteiger partial charge < -0.3 is 20.9 Å². The van der Waals surface area contributed by atoms with Crippen molar-refractivity contribution >= 4 is 17.7 Å². The van der Waals surface area contributed by atoms with Crippen LogP contribution in [0.3, 0.4) is 0 Å². The van der Waals surface area contributed by atoms with Crippen LogP contribution in [0.25, 0.3) is 0 Å². The van der Waals surface area contributed by atoms with E-state index in [9.17, 15) is 9.59 Å². The minimum absolute atomic E-state index is 0.0653. The van der Waals surface area contributed by atoms with Crippen molar-refractivity contribution in [3.05, 3.63) is 29.3 Å². The highest BCUT2D eigenvalue weighted by Crippen LogP contribution is 2.32. The third kappa shape index (κ3) is 4.40. The number of nitrogens with zero attached hydrogens (tertiary/aromatic N) is 1. The number of hydrogen-bond donors (Lipinski definition) is 3. The Hall–Kier alpha value is -2.24. The first kappa shape index (κ1) is 18.1. The molecule has 1 heterocycles. The summed E-state index contributed by atoms with van der Waals surface area (Å²) in [6.45, 7) is 10.8. The van der Waals surface area contributed by atoms with Crippen molar-refractivity contribution in [1.82, 2.24) is 15.5 Å². The molecule has 6 heteroatoms. The van der Waals surface area contributed by atoms with Gasteiger partial charge in [-0.3, -0.25) is 0 Å². The van der Waals surface area contributed by atoms with Crippen LogP contribution < -0.4 is 16.0 Å². The van der Waals surface area contributed by atoms with E-state index in [0.29, 0.717) is 38.0 Å². The molecule has 0 aromatic heterocycles. The van der Waals surface area contributed by atoms with E-state index in [1.165, 1.54) is 0 Å². The zero-order chi connectivity index (χ0) is 17.7. The zero-order valence-corrected chi connectivity index (χ0v) is 15.0. The van der Waals surface area contributed by atoms with Crippen molar-refractivity contribution in [1.29, 1.82) is 0 Å². The first-order valence-corrected chi connectivity index (χ1v) is 8.60. The summed E-state index contributed by atoms with van der Waals surface area (Å²) >= 11 is 0. The predicted octanol–water partition coefficient (Wildman–Crippen LogP) is 3.08. The topological polar surface area (TPSA) is 73.5 Å². The van der Waals surface area contributed by atoms with Crippen molar-refractivity contribution < 1.29 is 9.59 Å². The summed E-state index contributed by atoms with van der Waals surface area (Å²) in [5.74, 6) is 0.652. The van der Waals surface area contributed by atoms with Crippen molar-refractivity contribution in [2.75, 3.05) is 31.5 Å². The van der Waals surface area contributed by atoms with Crippen LogP contribution in [0.2, 0.25) is 0 Å². The monoisotopic (exact) mass is 332 g/mol. The lowest BCUT2D eigenvalue weighted by Crippen LogP contribution is -2.38. The van der Waals surface area contributed by atoms with E-state index < -0.39 is 0 Å². The van der Waals surface area contributed by atoms with Gasteiger partial charge in [0.25, 0.3) is 0 Å². The molecular weight excluding hydrogens is 304 g/mol. The number of benzene rings is 1. The second kappa shape index (κ2) is 8.04. The highest BCUT2D eigenvalue weighted by molar-refractivity contribution is 5.91. The Labute approximate surface area is 144 Å². The Morgan fingerprint density at radius 2 is 1.83 bits per heavy atom. The Morgan fingerprint density at radius 1 is 1.21 bits per heavy atom. The summed E-state index contributed by atoms with van der Waals surface area (Å²) in [6.07, 6.45) is 0. The van der Waals surface area contributed by atoms with Crippen molar-refractivity contribution in [3.8, 4) is 0 Å². The molecule has 0 atom stereocenters.